The number of anilines is 2. The van der Waals surface area contributed by atoms with Gasteiger partial charge in [0.1, 0.15) is 18.4 Å². The fourth-order valence-electron chi connectivity index (χ4n) is 2.69. The van der Waals surface area contributed by atoms with E-state index in [9.17, 15) is 4.79 Å². The summed E-state index contributed by atoms with van der Waals surface area (Å²) in [7, 11) is 1.92. The van der Waals surface area contributed by atoms with E-state index in [1.807, 2.05) is 58.8 Å². The van der Waals surface area contributed by atoms with E-state index in [0.717, 1.165) is 28.7 Å². The van der Waals surface area contributed by atoms with Gasteiger partial charge in [0.15, 0.2) is 0 Å². The molecule has 0 aliphatic heterocycles. The smallest absolute Gasteiger partial charge is 0.257 e. The molecule has 4 aromatic rings. The molecule has 2 aromatic heterocycles. The van der Waals surface area contributed by atoms with Crippen molar-refractivity contribution in [2.75, 3.05) is 11.9 Å². The summed E-state index contributed by atoms with van der Waals surface area (Å²) >= 11 is 0. The first kappa shape index (κ1) is 13.4. The Morgan fingerprint density at radius 3 is 2.87 bits per heavy atom. The summed E-state index contributed by atoms with van der Waals surface area (Å²) in [5.74, 6) is 1.31. The van der Waals surface area contributed by atoms with Gasteiger partial charge in [0, 0.05) is 23.7 Å². The number of hydrogen-bond acceptors (Lipinski definition) is 5. The van der Waals surface area contributed by atoms with E-state index in [1.165, 1.54) is 0 Å². The highest BCUT2D eigenvalue weighted by Crippen LogP contribution is 2.29. The van der Waals surface area contributed by atoms with Gasteiger partial charge >= 0.3 is 0 Å². The molecule has 112 valence electrons. The molecule has 0 fully saturated rings. The largest absolute Gasteiger partial charge is 0.329 e. The number of fused-ring (bicyclic) bond motifs is 3. The molecule has 0 unspecified atom stereocenters. The summed E-state index contributed by atoms with van der Waals surface area (Å²) in [6, 6.07) is 15.4. The Kier molecular flexibility index (Phi) is 3.01. The van der Waals surface area contributed by atoms with Gasteiger partial charge in [-0.25, -0.2) is 0 Å². The van der Waals surface area contributed by atoms with Crippen molar-refractivity contribution < 1.29 is 4.79 Å². The van der Waals surface area contributed by atoms with Crippen molar-refractivity contribution in [1.82, 2.24) is 19.6 Å². The van der Waals surface area contributed by atoms with Crippen molar-refractivity contribution in [3.05, 3.63) is 60.4 Å². The van der Waals surface area contributed by atoms with Crippen LogP contribution in [0.1, 0.15) is 10.4 Å². The first-order valence-corrected chi connectivity index (χ1v) is 7.15. The monoisotopic (exact) mass is 303 g/mol. The molecule has 0 amide bonds. The first-order chi connectivity index (χ1) is 11.3. The van der Waals surface area contributed by atoms with Crippen LogP contribution in [0.5, 0.6) is 0 Å². The highest BCUT2D eigenvalue weighted by molar-refractivity contribution is 5.93. The standard InChI is InChI=1S/C17H13N5O/c1-21(13-6-4-5-12(9-13)10-23)16-14-7-2-3-8-15(14)22-11-18-20-17(22)19-16/h2-11H,1H3. The molecule has 0 N–H and O–H groups in total. The summed E-state index contributed by atoms with van der Waals surface area (Å²) in [5.41, 5.74) is 2.49. The van der Waals surface area contributed by atoms with Crippen molar-refractivity contribution in [3.63, 3.8) is 0 Å². The van der Waals surface area contributed by atoms with Crippen LogP contribution in [-0.2, 0) is 0 Å². The van der Waals surface area contributed by atoms with E-state index >= 15 is 0 Å². The molecule has 2 heterocycles. The molecule has 0 aliphatic rings. The third-order valence-corrected chi connectivity index (χ3v) is 3.85. The van der Waals surface area contributed by atoms with Gasteiger partial charge in [-0.3, -0.25) is 9.20 Å². The van der Waals surface area contributed by atoms with Crippen molar-refractivity contribution in [3.8, 4) is 0 Å². The van der Waals surface area contributed by atoms with E-state index < -0.39 is 0 Å². The van der Waals surface area contributed by atoms with Gasteiger partial charge in [-0.05, 0) is 24.3 Å². The van der Waals surface area contributed by atoms with Gasteiger partial charge in [-0.2, -0.15) is 4.98 Å². The quantitative estimate of drug-likeness (QED) is 0.545. The summed E-state index contributed by atoms with van der Waals surface area (Å²) in [4.78, 5) is 17.6. The van der Waals surface area contributed by atoms with Gasteiger partial charge in [-0.1, -0.05) is 24.3 Å². The van der Waals surface area contributed by atoms with Crippen molar-refractivity contribution in [2.24, 2.45) is 0 Å². The Labute approximate surface area is 132 Å². The molecular formula is C17H13N5O. The van der Waals surface area contributed by atoms with Crippen LogP contribution in [0, 0.1) is 0 Å². The maximum absolute atomic E-state index is 11.0. The van der Waals surface area contributed by atoms with Crippen LogP contribution in [-0.4, -0.2) is 32.9 Å². The maximum atomic E-state index is 11.0. The van der Waals surface area contributed by atoms with Crippen LogP contribution >= 0.6 is 0 Å². The topological polar surface area (TPSA) is 63.4 Å². The summed E-state index contributed by atoms with van der Waals surface area (Å²) in [6.07, 6.45) is 2.49. The summed E-state index contributed by atoms with van der Waals surface area (Å²) in [6.45, 7) is 0. The third kappa shape index (κ3) is 2.12. The van der Waals surface area contributed by atoms with Crippen LogP contribution < -0.4 is 4.90 Å². The van der Waals surface area contributed by atoms with Crippen molar-refractivity contribution in [2.45, 2.75) is 0 Å². The van der Waals surface area contributed by atoms with Crippen LogP contribution in [0.15, 0.2) is 54.9 Å². The molecule has 0 aliphatic carbocycles. The second kappa shape index (κ2) is 5.17. The van der Waals surface area contributed by atoms with Crippen molar-refractivity contribution in [1.29, 1.82) is 0 Å². The average molecular weight is 303 g/mol. The SMILES string of the molecule is CN(c1cccc(C=O)c1)c1nc2nncn2c2ccccc12. The molecular weight excluding hydrogens is 290 g/mol. The molecule has 23 heavy (non-hydrogen) atoms. The maximum Gasteiger partial charge on any atom is 0.257 e. The van der Waals surface area contributed by atoms with Gasteiger partial charge < -0.3 is 4.90 Å². The number of nitrogens with zero attached hydrogens (tertiary/aromatic N) is 5. The van der Waals surface area contributed by atoms with Crippen LogP contribution in [0.3, 0.4) is 0 Å². The lowest BCUT2D eigenvalue weighted by atomic mass is 10.2. The Balaban J connectivity index is 1.97. The Morgan fingerprint density at radius 1 is 1.13 bits per heavy atom. The molecule has 0 radical (unpaired) electrons. The second-order valence-electron chi connectivity index (χ2n) is 5.23. The van der Waals surface area contributed by atoms with Gasteiger partial charge in [0.2, 0.25) is 0 Å². The van der Waals surface area contributed by atoms with Gasteiger partial charge in [-0.15, -0.1) is 10.2 Å². The minimum absolute atomic E-state index is 0.539. The summed E-state index contributed by atoms with van der Waals surface area (Å²) in [5, 5.41) is 8.98. The van der Waals surface area contributed by atoms with Gasteiger partial charge in [0.25, 0.3) is 5.78 Å². The number of para-hydroxylation sites is 1. The molecule has 0 bridgehead atoms. The zero-order valence-electron chi connectivity index (χ0n) is 12.4. The Hall–Kier alpha value is -3.28. The molecule has 0 saturated heterocycles. The fraction of sp³-hybridized carbons (Fsp3) is 0.0588. The molecule has 4 rings (SSSR count). The number of rotatable bonds is 3. The van der Waals surface area contributed by atoms with E-state index in [2.05, 4.69) is 15.2 Å². The van der Waals surface area contributed by atoms with E-state index in [0.29, 0.717) is 11.3 Å². The number of aldehydes is 1. The van der Waals surface area contributed by atoms with Crippen LogP contribution in [0.4, 0.5) is 11.5 Å². The lowest BCUT2D eigenvalue weighted by Crippen LogP contribution is -2.13. The van der Waals surface area contributed by atoms with E-state index in [1.54, 1.807) is 12.4 Å². The zero-order valence-corrected chi connectivity index (χ0v) is 12.4. The number of carbonyl (C=O) groups excluding carboxylic acids is 1. The molecule has 0 spiro atoms. The molecule has 0 atom stereocenters. The van der Waals surface area contributed by atoms with Crippen LogP contribution in [0.2, 0.25) is 0 Å². The van der Waals surface area contributed by atoms with Crippen molar-refractivity contribution >= 4 is 34.5 Å². The number of aromatic nitrogens is 4. The lowest BCUT2D eigenvalue weighted by molar-refractivity contribution is 0.112. The second-order valence-corrected chi connectivity index (χ2v) is 5.23. The predicted molar refractivity (Wildman–Crippen MR) is 88.2 cm³/mol. The first-order valence-electron chi connectivity index (χ1n) is 7.15. The zero-order chi connectivity index (χ0) is 15.8. The van der Waals surface area contributed by atoms with Gasteiger partial charge in [0.05, 0.1) is 5.52 Å². The molecule has 0 saturated carbocycles. The number of carbonyl (C=O) groups is 1. The normalized spacial score (nSPS) is 11.0. The van der Waals surface area contributed by atoms with Crippen LogP contribution in [0.25, 0.3) is 16.7 Å². The minimum atomic E-state index is 0.539. The highest BCUT2D eigenvalue weighted by atomic mass is 16.1. The molecule has 2 aromatic carbocycles. The fourth-order valence-corrected chi connectivity index (χ4v) is 2.69. The lowest BCUT2D eigenvalue weighted by Gasteiger charge is -2.20. The summed E-state index contributed by atoms with van der Waals surface area (Å²) < 4.78 is 1.86. The molecule has 6 nitrogen and oxygen atoms in total. The van der Waals surface area contributed by atoms with E-state index in [4.69, 9.17) is 0 Å². The van der Waals surface area contributed by atoms with E-state index in [-0.39, 0.29) is 0 Å². The molecule has 6 heteroatoms. The Morgan fingerprint density at radius 2 is 2.00 bits per heavy atom. The number of hydrogen-bond donors (Lipinski definition) is 0. The Bertz CT molecular complexity index is 1020. The number of benzene rings is 2. The average Bonchev–Trinajstić information content (AvgIpc) is 3.09. The predicted octanol–water partition coefficient (Wildman–Crippen LogP) is 2.86. The third-order valence-electron chi connectivity index (χ3n) is 3.85. The highest BCUT2D eigenvalue weighted by Gasteiger charge is 2.14. The minimum Gasteiger partial charge on any atom is -0.329 e.